The summed E-state index contributed by atoms with van der Waals surface area (Å²) in [5.41, 5.74) is 7.88. The molecule has 0 aliphatic rings. The third-order valence-electron chi connectivity index (χ3n) is 3.18. The molecule has 1 heterocycles. The number of hydrogen-bond donors (Lipinski definition) is 1. The summed E-state index contributed by atoms with van der Waals surface area (Å²) in [5.74, 6) is 1.83. The average Bonchev–Trinajstić information content (AvgIpc) is 2.92. The Bertz CT molecular complexity index is 608. The van der Waals surface area contributed by atoms with Crippen molar-refractivity contribution in [3.05, 3.63) is 28.8 Å². The summed E-state index contributed by atoms with van der Waals surface area (Å²) in [6.07, 6.45) is 0. The van der Waals surface area contributed by atoms with E-state index < -0.39 is 0 Å². The Morgan fingerprint density at radius 2 is 2.10 bits per heavy atom. The number of ether oxygens (including phenoxy) is 2. The summed E-state index contributed by atoms with van der Waals surface area (Å²) in [6, 6.07) is 5.86. The van der Waals surface area contributed by atoms with E-state index in [9.17, 15) is 0 Å². The molecule has 0 spiro atoms. The first-order valence-corrected chi connectivity index (χ1v) is 7.93. The van der Waals surface area contributed by atoms with Crippen LogP contribution in [0.3, 0.4) is 0 Å². The fourth-order valence-electron chi connectivity index (χ4n) is 2.21. The number of nitrogens with two attached hydrogens (primary N) is 1. The monoisotopic (exact) mass is 306 g/mol. The van der Waals surface area contributed by atoms with Gasteiger partial charge in [0.15, 0.2) is 11.5 Å². The lowest BCUT2D eigenvalue weighted by molar-refractivity contribution is 0.312. The minimum absolute atomic E-state index is 0.356. The van der Waals surface area contributed by atoms with Crippen molar-refractivity contribution in [1.82, 2.24) is 4.98 Å². The topological polar surface area (TPSA) is 57.4 Å². The number of methoxy groups -OCH3 is 1. The van der Waals surface area contributed by atoms with Gasteiger partial charge in [-0.05, 0) is 25.0 Å². The minimum Gasteiger partial charge on any atom is -0.493 e. The molecule has 0 fully saturated rings. The third-order valence-corrected chi connectivity index (χ3v) is 4.30. The van der Waals surface area contributed by atoms with Crippen molar-refractivity contribution >= 4 is 11.3 Å². The molecule has 114 valence electrons. The second kappa shape index (κ2) is 6.91. The highest BCUT2D eigenvalue weighted by Crippen LogP contribution is 2.41. The lowest BCUT2D eigenvalue weighted by atomic mass is 10.1. The zero-order chi connectivity index (χ0) is 15.4. The largest absolute Gasteiger partial charge is 0.493 e. The Labute approximate surface area is 129 Å². The molecule has 0 aliphatic heterocycles. The van der Waals surface area contributed by atoms with Crippen LogP contribution >= 0.6 is 11.3 Å². The van der Waals surface area contributed by atoms with Gasteiger partial charge in [-0.1, -0.05) is 19.9 Å². The molecule has 5 heteroatoms. The molecular weight excluding hydrogens is 284 g/mol. The summed E-state index contributed by atoms with van der Waals surface area (Å²) >= 11 is 1.63. The van der Waals surface area contributed by atoms with Gasteiger partial charge >= 0.3 is 0 Å². The van der Waals surface area contributed by atoms with E-state index in [1.54, 1.807) is 18.4 Å². The number of para-hydroxylation sites is 1. The van der Waals surface area contributed by atoms with Crippen molar-refractivity contribution < 1.29 is 9.47 Å². The number of thiazole rings is 1. The maximum absolute atomic E-state index is 5.85. The van der Waals surface area contributed by atoms with Gasteiger partial charge in [-0.25, -0.2) is 4.98 Å². The maximum Gasteiger partial charge on any atom is 0.171 e. The van der Waals surface area contributed by atoms with Crippen LogP contribution in [0.2, 0.25) is 0 Å². The van der Waals surface area contributed by atoms with Crippen molar-refractivity contribution in [3.63, 3.8) is 0 Å². The molecule has 2 N–H and O–H groups in total. The number of rotatable bonds is 6. The van der Waals surface area contributed by atoms with E-state index >= 15 is 0 Å². The summed E-state index contributed by atoms with van der Waals surface area (Å²) in [6.45, 7) is 7.32. The predicted octanol–water partition coefficient (Wildman–Crippen LogP) is 3.80. The molecule has 2 aromatic rings. The molecule has 0 saturated heterocycles. The Hall–Kier alpha value is -1.59. The molecule has 0 saturated carbocycles. The van der Waals surface area contributed by atoms with Gasteiger partial charge < -0.3 is 15.2 Å². The van der Waals surface area contributed by atoms with Crippen LogP contribution in [-0.2, 0) is 6.54 Å². The fraction of sp³-hybridized carbons (Fsp3) is 0.438. The van der Waals surface area contributed by atoms with Crippen LogP contribution in [0.1, 0.15) is 37.3 Å². The Morgan fingerprint density at radius 3 is 2.62 bits per heavy atom. The van der Waals surface area contributed by atoms with E-state index in [0.717, 1.165) is 32.6 Å². The van der Waals surface area contributed by atoms with Crippen LogP contribution in [0.25, 0.3) is 10.6 Å². The second-order valence-electron chi connectivity index (χ2n) is 4.96. The molecular formula is C16H22N2O2S. The fourth-order valence-corrected chi connectivity index (χ4v) is 3.33. The predicted molar refractivity (Wildman–Crippen MR) is 87.3 cm³/mol. The number of hydrogen-bond acceptors (Lipinski definition) is 5. The van der Waals surface area contributed by atoms with Crippen LogP contribution in [0.15, 0.2) is 18.2 Å². The van der Waals surface area contributed by atoms with Gasteiger partial charge in [0.05, 0.1) is 25.0 Å². The SMILES string of the molecule is CCOc1c(OC)cccc1-c1nc(C(C)C)c(CN)s1. The normalized spacial score (nSPS) is 11.0. The van der Waals surface area contributed by atoms with Crippen LogP contribution in [-0.4, -0.2) is 18.7 Å². The maximum atomic E-state index is 5.85. The van der Waals surface area contributed by atoms with E-state index in [0.29, 0.717) is 19.1 Å². The molecule has 1 aromatic heterocycles. The van der Waals surface area contributed by atoms with E-state index in [-0.39, 0.29) is 0 Å². The van der Waals surface area contributed by atoms with Gasteiger partial charge in [0.1, 0.15) is 5.01 Å². The summed E-state index contributed by atoms with van der Waals surface area (Å²) in [5, 5.41) is 0.932. The zero-order valence-corrected chi connectivity index (χ0v) is 13.8. The molecule has 0 unspecified atom stereocenters. The molecule has 4 nitrogen and oxygen atoms in total. The van der Waals surface area contributed by atoms with E-state index in [1.165, 1.54) is 0 Å². The summed E-state index contributed by atoms with van der Waals surface area (Å²) in [4.78, 5) is 5.90. The Kier molecular flexibility index (Phi) is 5.20. The molecule has 21 heavy (non-hydrogen) atoms. The van der Waals surface area contributed by atoms with Crippen LogP contribution in [0.4, 0.5) is 0 Å². The Morgan fingerprint density at radius 1 is 1.33 bits per heavy atom. The number of aromatic nitrogens is 1. The lowest BCUT2D eigenvalue weighted by Crippen LogP contribution is -1.99. The van der Waals surface area contributed by atoms with Gasteiger partial charge in [-0.15, -0.1) is 11.3 Å². The van der Waals surface area contributed by atoms with Gasteiger partial charge in [0, 0.05) is 11.4 Å². The third kappa shape index (κ3) is 3.19. The van der Waals surface area contributed by atoms with E-state index in [1.807, 2.05) is 25.1 Å². The lowest BCUT2D eigenvalue weighted by Gasteiger charge is -2.12. The first-order chi connectivity index (χ1) is 10.1. The van der Waals surface area contributed by atoms with Crippen molar-refractivity contribution in [3.8, 4) is 22.1 Å². The first-order valence-electron chi connectivity index (χ1n) is 7.12. The van der Waals surface area contributed by atoms with Crippen molar-refractivity contribution in [2.75, 3.05) is 13.7 Å². The van der Waals surface area contributed by atoms with Crippen LogP contribution in [0.5, 0.6) is 11.5 Å². The second-order valence-corrected chi connectivity index (χ2v) is 6.04. The quantitative estimate of drug-likeness (QED) is 0.882. The van der Waals surface area contributed by atoms with Crippen LogP contribution in [0, 0.1) is 0 Å². The highest BCUT2D eigenvalue weighted by molar-refractivity contribution is 7.15. The average molecular weight is 306 g/mol. The summed E-state index contributed by atoms with van der Waals surface area (Å²) < 4.78 is 11.2. The molecule has 0 bridgehead atoms. The first kappa shape index (κ1) is 15.8. The molecule has 0 aliphatic carbocycles. The minimum atomic E-state index is 0.356. The zero-order valence-electron chi connectivity index (χ0n) is 13.0. The van der Waals surface area contributed by atoms with E-state index in [2.05, 4.69) is 13.8 Å². The van der Waals surface area contributed by atoms with Crippen molar-refractivity contribution in [2.24, 2.45) is 5.73 Å². The Balaban J connectivity index is 2.56. The van der Waals surface area contributed by atoms with Gasteiger partial charge in [0.25, 0.3) is 0 Å². The van der Waals surface area contributed by atoms with Gasteiger partial charge in [-0.2, -0.15) is 0 Å². The summed E-state index contributed by atoms with van der Waals surface area (Å²) in [7, 11) is 1.65. The molecule has 0 amide bonds. The van der Waals surface area contributed by atoms with E-state index in [4.69, 9.17) is 20.2 Å². The van der Waals surface area contributed by atoms with Gasteiger partial charge in [-0.3, -0.25) is 0 Å². The van der Waals surface area contributed by atoms with Crippen LogP contribution < -0.4 is 15.2 Å². The number of nitrogens with zero attached hydrogens (tertiary/aromatic N) is 1. The smallest absolute Gasteiger partial charge is 0.171 e. The molecule has 0 atom stereocenters. The molecule has 0 radical (unpaired) electrons. The van der Waals surface area contributed by atoms with Gasteiger partial charge in [0.2, 0.25) is 0 Å². The van der Waals surface area contributed by atoms with Crippen molar-refractivity contribution in [2.45, 2.75) is 33.2 Å². The highest BCUT2D eigenvalue weighted by atomic mass is 32.1. The standard InChI is InChI=1S/C16H22N2O2S/c1-5-20-15-11(7-6-8-12(15)19-4)16-18-14(10(2)3)13(9-17)21-16/h6-8,10H,5,9,17H2,1-4H3. The molecule has 2 rings (SSSR count). The highest BCUT2D eigenvalue weighted by Gasteiger charge is 2.19. The van der Waals surface area contributed by atoms with Crippen molar-refractivity contribution in [1.29, 1.82) is 0 Å². The molecule has 1 aromatic carbocycles. The number of benzene rings is 1.